The van der Waals surface area contributed by atoms with Gasteiger partial charge in [-0.15, -0.1) is 11.3 Å². The van der Waals surface area contributed by atoms with E-state index in [0.29, 0.717) is 11.4 Å². The van der Waals surface area contributed by atoms with E-state index >= 15 is 0 Å². The van der Waals surface area contributed by atoms with E-state index in [0.717, 1.165) is 22.7 Å². The first-order chi connectivity index (χ1) is 13.0. The molecule has 0 spiro atoms. The molecule has 0 aliphatic rings. The standard InChI is InChI=1S/C21H25N3OS2/c1-5-15-6-8-16(9-7-15)18(24(3)4)12-22-20(25)19-14(2)23-21(27-19)17-10-11-26-13-17/h6-11,13,18H,5,12H2,1-4H3,(H,22,25). The number of nitrogens with one attached hydrogen (secondary N) is 1. The van der Waals surface area contributed by atoms with Crippen LogP contribution in [0.15, 0.2) is 41.1 Å². The number of aromatic nitrogens is 1. The molecule has 0 saturated heterocycles. The average molecular weight is 400 g/mol. The Kier molecular flexibility index (Phi) is 6.42. The van der Waals surface area contributed by atoms with Gasteiger partial charge in [-0.05, 0) is 50.0 Å². The molecule has 1 aromatic carbocycles. The summed E-state index contributed by atoms with van der Waals surface area (Å²) in [6, 6.07) is 10.8. The lowest BCUT2D eigenvalue weighted by Crippen LogP contribution is -2.34. The van der Waals surface area contributed by atoms with Crippen molar-refractivity contribution < 1.29 is 4.79 Å². The van der Waals surface area contributed by atoms with E-state index in [-0.39, 0.29) is 11.9 Å². The van der Waals surface area contributed by atoms with Gasteiger partial charge in [-0.3, -0.25) is 4.79 Å². The zero-order valence-electron chi connectivity index (χ0n) is 16.2. The van der Waals surface area contributed by atoms with Gasteiger partial charge in [-0.1, -0.05) is 31.2 Å². The van der Waals surface area contributed by atoms with E-state index in [2.05, 4.69) is 51.8 Å². The molecule has 142 valence electrons. The molecule has 1 N–H and O–H groups in total. The van der Waals surface area contributed by atoms with Crippen LogP contribution in [0.1, 0.15) is 39.5 Å². The number of carbonyl (C=O) groups excluding carboxylic acids is 1. The molecule has 1 unspecified atom stereocenters. The van der Waals surface area contributed by atoms with Crippen molar-refractivity contribution in [3.8, 4) is 10.6 Å². The number of likely N-dealkylation sites (N-methyl/N-ethyl adjacent to an activating group) is 1. The second-order valence-electron chi connectivity index (χ2n) is 6.73. The Bertz CT molecular complexity index is 883. The number of rotatable bonds is 7. The Hall–Kier alpha value is -2.02. The van der Waals surface area contributed by atoms with E-state index < -0.39 is 0 Å². The SMILES string of the molecule is CCc1ccc(C(CNC(=O)c2sc(-c3ccsc3)nc2C)N(C)C)cc1. The maximum Gasteiger partial charge on any atom is 0.263 e. The first kappa shape index (κ1) is 19.7. The zero-order valence-corrected chi connectivity index (χ0v) is 17.8. The number of hydrogen-bond acceptors (Lipinski definition) is 5. The first-order valence-electron chi connectivity index (χ1n) is 9.03. The van der Waals surface area contributed by atoms with E-state index in [1.165, 1.54) is 22.5 Å². The van der Waals surface area contributed by atoms with Crippen LogP contribution in [-0.4, -0.2) is 36.4 Å². The van der Waals surface area contributed by atoms with Crippen molar-refractivity contribution in [3.63, 3.8) is 0 Å². The third-order valence-corrected chi connectivity index (χ3v) is 6.51. The van der Waals surface area contributed by atoms with Gasteiger partial charge < -0.3 is 10.2 Å². The smallest absolute Gasteiger partial charge is 0.263 e. The normalized spacial score (nSPS) is 12.3. The van der Waals surface area contributed by atoms with Crippen molar-refractivity contribution >= 4 is 28.6 Å². The Morgan fingerprint density at radius 2 is 1.96 bits per heavy atom. The van der Waals surface area contributed by atoms with E-state index in [1.807, 2.05) is 32.5 Å². The van der Waals surface area contributed by atoms with Crippen LogP contribution in [0, 0.1) is 6.92 Å². The Morgan fingerprint density at radius 3 is 2.56 bits per heavy atom. The number of hydrogen-bond donors (Lipinski definition) is 1. The van der Waals surface area contributed by atoms with Gasteiger partial charge in [0.25, 0.3) is 5.91 Å². The Labute approximate surface area is 168 Å². The lowest BCUT2D eigenvalue weighted by atomic mass is 10.0. The quantitative estimate of drug-likeness (QED) is 0.622. The monoisotopic (exact) mass is 399 g/mol. The molecule has 3 aromatic rings. The summed E-state index contributed by atoms with van der Waals surface area (Å²) in [5, 5.41) is 8.08. The second kappa shape index (κ2) is 8.78. The second-order valence-corrected chi connectivity index (χ2v) is 8.51. The molecule has 0 bridgehead atoms. The highest BCUT2D eigenvalue weighted by Gasteiger charge is 2.19. The number of thiophene rings is 1. The van der Waals surface area contributed by atoms with Gasteiger partial charge >= 0.3 is 0 Å². The number of benzene rings is 1. The van der Waals surface area contributed by atoms with Crippen LogP contribution in [0.2, 0.25) is 0 Å². The minimum atomic E-state index is -0.0523. The lowest BCUT2D eigenvalue weighted by Gasteiger charge is -2.25. The van der Waals surface area contributed by atoms with Gasteiger partial charge in [0.15, 0.2) is 0 Å². The molecular formula is C21H25N3OS2. The van der Waals surface area contributed by atoms with Crippen LogP contribution in [0.5, 0.6) is 0 Å². The maximum absolute atomic E-state index is 12.8. The third-order valence-electron chi connectivity index (χ3n) is 4.62. The highest BCUT2D eigenvalue weighted by Crippen LogP contribution is 2.29. The van der Waals surface area contributed by atoms with Crippen LogP contribution in [0.4, 0.5) is 0 Å². The number of carbonyl (C=O) groups is 1. The molecule has 0 saturated carbocycles. The van der Waals surface area contributed by atoms with Gasteiger partial charge in [-0.2, -0.15) is 11.3 Å². The molecular weight excluding hydrogens is 374 g/mol. The van der Waals surface area contributed by atoms with E-state index in [9.17, 15) is 4.79 Å². The van der Waals surface area contributed by atoms with Crippen LogP contribution in [0.3, 0.4) is 0 Å². The average Bonchev–Trinajstić information content (AvgIpc) is 3.31. The topological polar surface area (TPSA) is 45.2 Å². The molecule has 4 nitrogen and oxygen atoms in total. The first-order valence-corrected chi connectivity index (χ1v) is 10.8. The van der Waals surface area contributed by atoms with Crippen molar-refractivity contribution in [2.75, 3.05) is 20.6 Å². The summed E-state index contributed by atoms with van der Waals surface area (Å²) in [6.45, 7) is 4.61. The highest BCUT2D eigenvalue weighted by atomic mass is 32.1. The van der Waals surface area contributed by atoms with Gasteiger partial charge in [0, 0.05) is 17.5 Å². The summed E-state index contributed by atoms with van der Waals surface area (Å²) >= 11 is 3.09. The predicted molar refractivity (Wildman–Crippen MR) is 115 cm³/mol. The van der Waals surface area contributed by atoms with Crippen LogP contribution in [-0.2, 0) is 6.42 Å². The molecule has 0 aliphatic carbocycles. The summed E-state index contributed by atoms with van der Waals surface area (Å²) in [5.74, 6) is -0.0523. The number of aryl methyl sites for hydroxylation is 2. The van der Waals surface area contributed by atoms with Crippen LogP contribution in [0.25, 0.3) is 10.6 Å². The number of amides is 1. The van der Waals surface area contributed by atoms with Crippen molar-refractivity contribution in [1.29, 1.82) is 0 Å². The maximum atomic E-state index is 12.8. The minimum absolute atomic E-state index is 0.0523. The summed E-state index contributed by atoms with van der Waals surface area (Å²) in [5.41, 5.74) is 4.39. The van der Waals surface area contributed by atoms with Crippen molar-refractivity contribution in [2.45, 2.75) is 26.3 Å². The van der Waals surface area contributed by atoms with Crippen LogP contribution >= 0.6 is 22.7 Å². The van der Waals surface area contributed by atoms with Gasteiger partial charge in [0.05, 0.1) is 11.7 Å². The lowest BCUT2D eigenvalue weighted by molar-refractivity contribution is 0.0945. The zero-order chi connectivity index (χ0) is 19.4. The molecule has 0 fully saturated rings. The number of nitrogens with zero attached hydrogens (tertiary/aromatic N) is 2. The predicted octanol–water partition coefficient (Wildman–Crippen LogP) is 4.78. The highest BCUT2D eigenvalue weighted by molar-refractivity contribution is 7.17. The molecule has 0 aliphatic heterocycles. The van der Waals surface area contributed by atoms with Crippen molar-refractivity contribution in [1.82, 2.24) is 15.2 Å². The van der Waals surface area contributed by atoms with Crippen molar-refractivity contribution in [2.24, 2.45) is 0 Å². The Balaban J connectivity index is 1.71. The van der Waals surface area contributed by atoms with Gasteiger partial charge in [0.2, 0.25) is 0 Å². The summed E-state index contributed by atoms with van der Waals surface area (Å²) in [4.78, 5) is 20.1. The molecule has 3 rings (SSSR count). The summed E-state index contributed by atoms with van der Waals surface area (Å²) < 4.78 is 0. The molecule has 2 aromatic heterocycles. The molecule has 1 atom stereocenters. The molecule has 27 heavy (non-hydrogen) atoms. The minimum Gasteiger partial charge on any atom is -0.349 e. The fraction of sp³-hybridized carbons (Fsp3) is 0.333. The Morgan fingerprint density at radius 1 is 1.22 bits per heavy atom. The molecule has 2 heterocycles. The van der Waals surface area contributed by atoms with E-state index in [1.54, 1.807) is 11.3 Å². The van der Waals surface area contributed by atoms with Gasteiger partial charge in [0.1, 0.15) is 9.88 Å². The third kappa shape index (κ3) is 4.64. The fourth-order valence-corrected chi connectivity index (χ4v) is 4.65. The summed E-state index contributed by atoms with van der Waals surface area (Å²) in [7, 11) is 4.08. The van der Waals surface area contributed by atoms with Gasteiger partial charge in [-0.25, -0.2) is 4.98 Å². The number of thiazole rings is 1. The fourth-order valence-electron chi connectivity index (χ4n) is 2.96. The molecule has 0 radical (unpaired) electrons. The van der Waals surface area contributed by atoms with Crippen molar-refractivity contribution in [3.05, 3.63) is 62.8 Å². The molecule has 1 amide bonds. The van der Waals surface area contributed by atoms with E-state index in [4.69, 9.17) is 0 Å². The van der Waals surface area contributed by atoms with Crippen LogP contribution < -0.4 is 5.32 Å². The summed E-state index contributed by atoms with van der Waals surface area (Å²) in [6.07, 6.45) is 1.03. The molecule has 6 heteroatoms. The largest absolute Gasteiger partial charge is 0.349 e.